The molecule has 162 valence electrons. The number of benzene rings is 2. The lowest BCUT2D eigenvalue weighted by molar-refractivity contribution is -0.118. The Morgan fingerprint density at radius 3 is 2.35 bits per heavy atom. The third-order valence-corrected chi connectivity index (χ3v) is 5.50. The summed E-state index contributed by atoms with van der Waals surface area (Å²) in [6.07, 6.45) is 6.09. The second kappa shape index (κ2) is 10.6. The monoisotopic (exact) mass is 414 g/mol. The molecule has 1 atom stereocenters. The van der Waals surface area contributed by atoms with Crippen molar-refractivity contribution in [3.8, 4) is 11.1 Å². The highest BCUT2D eigenvalue weighted by molar-refractivity contribution is 5.75. The summed E-state index contributed by atoms with van der Waals surface area (Å²) in [4.78, 5) is 13.9. The fraction of sp³-hybridized carbons (Fsp3) is 0.250. The molecule has 0 aliphatic carbocycles. The van der Waals surface area contributed by atoms with E-state index in [-0.39, 0.29) is 5.91 Å². The minimum atomic E-state index is -0.513. The van der Waals surface area contributed by atoms with E-state index in [1.165, 1.54) is 6.92 Å². The molecule has 3 rings (SSSR count). The molecule has 3 heteroatoms. The predicted octanol–water partition coefficient (Wildman–Crippen LogP) is 6.58. The molecule has 2 aromatic carbocycles. The molecule has 0 saturated heterocycles. The minimum absolute atomic E-state index is 0.121. The summed E-state index contributed by atoms with van der Waals surface area (Å²) in [7, 11) is 0. The quantitative estimate of drug-likeness (QED) is 0.579. The van der Waals surface area contributed by atoms with Gasteiger partial charge < -0.3 is 10.2 Å². The van der Waals surface area contributed by atoms with Crippen LogP contribution in [0.1, 0.15) is 40.2 Å². The Kier molecular flexibility index (Phi) is 8.21. The van der Waals surface area contributed by atoms with Crippen LogP contribution in [0.5, 0.6) is 0 Å². The highest BCUT2D eigenvalue weighted by Gasteiger charge is 2.34. The van der Waals surface area contributed by atoms with Gasteiger partial charge in [-0.3, -0.25) is 4.79 Å². The standard InChI is InChI=1S/C26H28N2O.C2H6/c1-19-11-10-16-28(20(19)2)18-26(5,21(3)27-22(4)29)25-15-9-14-24(17-25)23-12-7-6-8-13-23;1-2/h6-17H,2-3,18H2,1,4-5H3,(H,27,29);1-2H3. The van der Waals surface area contributed by atoms with Gasteiger partial charge in [-0.2, -0.15) is 0 Å². The van der Waals surface area contributed by atoms with Crippen LogP contribution in [0.25, 0.3) is 11.1 Å². The highest BCUT2D eigenvalue weighted by Crippen LogP contribution is 2.35. The van der Waals surface area contributed by atoms with E-state index in [0.29, 0.717) is 12.2 Å². The van der Waals surface area contributed by atoms with Crippen molar-refractivity contribution >= 4 is 5.91 Å². The van der Waals surface area contributed by atoms with Crippen LogP contribution < -0.4 is 5.32 Å². The van der Waals surface area contributed by atoms with Gasteiger partial charge in [0.15, 0.2) is 0 Å². The second-order valence-electron chi connectivity index (χ2n) is 7.70. The average Bonchev–Trinajstić information content (AvgIpc) is 2.78. The van der Waals surface area contributed by atoms with Gasteiger partial charge in [-0.15, -0.1) is 0 Å². The van der Waals surface area contributed by atoms with Crippen molar-refractivity contribution < 1.29 is 4.79 Å². The summed E-state index contributed by atoms with van der Waals surface area (Å²) in [6.45, 7) is 18.8. The summed E-state index contributed by atoms with van der Waals surface area (Å²) in [6, 6.07) is 18.7. The van der Waals surface area contributed by atoms with Crippen LogP contribution in [0.4, 0.5) is 0 Å². The second-order valence-corrected chi connectivity index (χ2v) is 7.70. The molecule has 0 bridgehead atoms. The summed E-state index contributed by atoms with van der Waals surface area (Å²) in [5.41, 5.74) is 5.61. The Morgan fingerprint density at radius 1 is 1.06 bits per heavy atom. The fourth-order valence-corrected chi connectivity index (χ4v) is 3.58. The van der Waals surface area contributed by atoms with Gasteiger partial charge in [0.25, 0.3) is 0 Å². The summed E-state index contributed by atoms with van der Waals surface area (Å²) in [5.74, 6) is -0.121. The first-order valence-corrected chi connectivity index (χ1v) is 10.8. The molecule has 0 saturated carbocycles. The maximum absolute atomic E-state index is 11.8. The normalized spacial score (nSPS) is 14.7. The maximum Gasteiger partial charge on any atom is 0.221 e. The Labute approximate surface area is 187 Å². The Bertz CT molecular complexity index is 1000. The van der Waals surface area contributed by atoms with Gasteiger partial charge in [0.1, 0.15) is 0 Å². The molecule has 0 radical (unpaired) electrons. The molecular weight excluding hydrogens is 380 g/mol. The average molecular weight is 415 g/mol. The minimum Gasteiger partial charge on any atom is -0.347 e. The van der Waals surface area contributed by atoms with Gasteiger partial charge in [0, 0.05) is 36.5 Å². The lowest BCUT2D eigenvalue weighted by Gasteiger charge is -2.39. The zero-order chi connectivity index (χ0) is 23.0. The maximum atomic E-state index is 11.8. The van der Waals surface area contributed by atoms with E-state index in [2.05, 4.69) is 79.7 Å². The molecule has 2 aromatic rings. The zero-order valence-corrected chi connectivity index (χ0v) is 19.4. The summed E-state index contributed by atoms with van der Waals surface area (Å²) >= 11 is 0. The fourth-order valence-electron chi connectivity index (χ4n) is 3.58. The van der Waals surface area contributed by atoms with Gasteiger partial charge in [-0.1, -0.05) is 87.7 Å². The van der Waals surface area contributed by atoms with Gasteiger partial charge in [-0.25, -0.2) is 0 Å². The number of allylic oxidation sites excluding steroid dienone is 3. The first-order valence-electron chi connectivity index (χ1n) is 10.8. The molecule has 1 heterocycles. The molecule has 0 fully saturated rings. The first kappa shape index (κ1) is 23.9. The number of hydrogen-bond acceptors (Lipinski definition) is 2. The number of carbonyl (C=O) groups excluding carboxylic acids is 1. The van der Waals surface area contributed by atoms with Crippen LogP contribution in [0.15, 0.2) is 103 Å². The smallest absolute Gasteiger partial charge is 0.221 e. The van der Waals surface area contributed by atoms with E-state index in [1.807, 2.05) is 44.3 Å². The molecule has 1 amide bonds. The van der Waals surface area contributed by atoms with Crippen molar-refractivity contribution in [1.82, 2.24) is 10.2 Å². The molecule has 0 spiro atoms. The van der Waals surface area contributed by atoms with Gasteiger partial charge >= 0.3 is 0 Å². The van der Waals surface area contributed by atoms with E-state index in [4.69, 9.17) is 0 Å². The lowest BCUT2D eigenvalue weighted by atomic mass is 9.77. The van der Waals surface area contributed by atoms with Gasteiger partial charge in [-0.05, 0) is 42.2 Å². The van der Waals surface area contributed by atoms with Crippen molar-refractivity contribution in [3.05, 3.63) is 109 Å². The number of nitrogens with one attached hydrogen (secondary N) is 1. The van der Waals surface area contributed by atoms with E-state index < -0.39 is 5.41 Å². The zero-order valence-electron chi connectivity index (χ0n) is 19.4. The Balaban J connectivity index is 0.00000166. The van der Waals surface area contributed by atoms with Crippen LogP contribution in [0, 0.1) is 0 Å². The molecular formula is C28H34N2O. The van der Waals surface area contributed by atoms with Crippen molar-refractivity contribution in [1.29, 1.82) is 0 Å². The third-order valence-electron chi connectivity index (χ3n) is 5.50. The Hall–Kier alpha value is -3.33. The third kappa shape index (κ3) is 5.64. The van der Waals surface area contributed by atoms with Crippen LogP contribution in [-0.4, -0.2) is 17.4 Å². The summed E-state index contributed by atoms with van der Waals surface area (Å²) < 4.78 is 0. The molecule has 1 N–H and O–H groups in total. The molecule has 31 heavy (non-hydrogen) atoms. The number of amides is 1. The number of carbonyl (C=O) groups is 1. The molecule has 3 nitrogen and oxygen atoms in total. The highest BCUT2D eigenvalue weighted by atomic mass is 16.1. The van der Waals surface area contributed by atoms with Crippen molar-refractivity contribution in [2.24, 2.45) is 0 Å². The van der Waals surface area contributed by atoms with Crippen molar-refractivity contribution in [3.63, 3.8) is 0 Å². The van der Waals surface area contributed by atoms with E-state index in [1.54, 1.807) is 0 Å². The summed E-state index contributed by atoms with van der Waals surface area (Å²) in [5, 5.41) is 2.93. The topological polar surface area (TPSA) is 32.3 Å². The van der Waals surface area contributed by atoms with Crippen LogP contribution in [0.3, 0.4) is 0 Å². The van der Waals surface area contributed by atoms with Gasteiger partial charge in [0.2, 0.25) is 5.91 Å². The van der Waals surface area contributed by atoms with E-state index in [9.17, 15) is 4.79 Å². The van der Waals surface area contributed by atoms with E-state index >= 15 is 0 Å². The number of rotatable bonds is 6. The van der Waals surface area contributed by atoms with Crippen LogP contribution in [-0.2, 0) is 10.2 Å². The molecule has 1 aliphatic heterocycles. The molecule has 1 aliphatic rings. The largest absolute Gasteiger partial charge is 0.347 e. The molecule has 1 unspecified atom stereocenters. The lowest BCUT2D eigenvalue weighted by Crippen LogP contribution is -2.43. The van der Waals surface area contributed by atoms with Crippen LogP contribution >= 0.6 is 0 Å². The number of nitrogens with zero attached hydrogens (tertiary/aromatic N) is 1. The number of hydrogen-bond donors (Lipinski definition) is 1. The van der Waals surface area contributed by atoms with Crippen LogP contribution in [0.2, 0.25) is 0 Å². The van der Waals surface area contributed by atoms with Crippen molar-refractivity contribution in [2.75, 3.05) is 6.54 Å². The first-order chi connectivity index (χ1) is 14.8. The SMILES string of the molecule is C=C1C(C)=CC=CN1CC(C)(C(=C)NC(C)=O)c1cccc(-c2ccccc2)c1.CC. The van der Waals surface area contributed by atoms with Gasteiger partial charge in [0.05, 0.1) is 0 Å². The Morgan fingerprint density at radius 2 is 1.71 bits per heavy atom. The van der Waals surface area contributed by atoms with Crippen molar-refractivity contribution in [2.45, 2.75) is 40.0 Å². The van der Waals surface area contributed by atoms with E-state index in [0.717, 1.165) is 28.0 Å². The predicted molar refractivity (Wildman–Crippen MR) is 132 cm³/mol. The molecule has 0 aromatic heterocycles.